The van der Waals surface area contributed by atoms with Crippen molar-refractivity contribution in [1.29, 1.82) is 0 Å². The van der Waals surface area contributed by atoms with Gasteiger partial charge in [-0.3, -0.25) is 0 Å². The van der Waals surface area contributed by atoms with Crippen LogP contribution in [0.4, 0.5) is 0 Å². The number of hydrogen-bond acceptors (Lipinski definition) is 1. The van der Waals surface area contributed by atoms with E-state index in [0.29, 0.717) is 0 Å². The molecule has 1 nitrogen and oxygen atoms in total. The normalized spacial score (nSPS) is 11.9. The average molecular weight is 221 g/mol. The molecule has 1 aromatic carbocycles. The van der Waals surface area contributed by atoms with Crippen molar-refractivity contribution in [1.82, 2.24) is 0 Å². The van der Waals surface area contributed by atoms with Crippen molar-refractivity contribution >= 4 is 17.7 Å². The summed E-state index contributed by atoms with van der Waals surface area (Å²) in [5.41, 5.74) is 2.60. The van der Waals surface area contributed by atoms with Gasteiger partial charge in [0.15, 0.2) is 0 Å². The molecule has 1 aromatic rings. The molecule has 0 unspecified atom stereocenters. The molecule has 0 saturated carbocycles. The highest BCUT2D eigenvalue weighted by Crippen LogP contribution is 2.12. The lowest BCUT2D eigenvalue weighted by molar-refractivity contribution is 0.415. The maximum Gasteiger partial charge on any atom is 0.118 e. The zero-order chi connectivity index (χ0) is 10.9. The third kappa shape index (κ3) is 4.52. The predicted molar refractivity (Wildman–Crippen MR) is 66.2 cm³/mol. The zero-order valence-corrected chi connectivity index (χ0v) is 9.32. The summed E-state index contributed by atoms with van der Waals surface area (Å²) in [6.45, 7) is 0. The molecule has 0 atom stereocenters. The molecule has 0 aliphatic carbocycles. The lowest BCUT2D eigenvalue weighted by Gasteiger charge is -1.98. The zero-order valence-electron chi connectivity index (χ0n) is 8.56. The molecule has 0 bridgehead atoms. The molecular weight excluding hydrogens is 208 g/mol. The highest BCUT2D eigenvalue weighted by molar-refractivity contribution is 6.25. The van der Waals surface area contributed by atoms with E-state index in [9.17, 15) is 0 Å². The maximum absolute atomic E-state index is 5.36. The molecule has 0 radical (unpaired) electrons. The van der Waals surface area contributed by atoms with Crippen LogP contribution >= 0.6 is 11.6 Å². The lowest BCUT2D eigenvalue weighted by atomic mass is 10.2. The second kappa shape index (κ2) is 6.91. The third-order valence-corrected chi connectivity index (χ3v) is 1.96. The summed E-state index contributed by atoms with van der Waals surface area (Å²) in [6, 6.07) is 7.87. The fourth-order valence-electron chi connectivity index (χ4n) is 1.05. The minimum atomic E-state index is 0.868. The molecule has 0 fully saturated rings. The van der Waals surface area contributed by atoms with Gasteiger partial charge in [-0.2, -0.15) is 0 Å². The van der Waals surface area contributed by atoms with Crippen molar-refractivity contribution in [3.05, 3.63) is 59.7 Å². The van der Waals surface area contributed by atoms with Gasteiger partial charge in [0.1, 0.15) is 5.75 Å². The summed E-state index contributed by atoms with van der Waals surface area (Å²) in [7, 11) is 1.66. The van der Waals surface area contributed by atoms with Gasteiger partial charge in [0.05, 0.1) is 7.11 Å². The van der Waals surface area contributed by atoms with Gasteiger partial charge in [-0.1, -0.05) is 54.1 Å². The minimum Gasteiger partial charge on any atom is -0.497 e. The molecule has 0 aliphatic heterocycles. The first-order valence-electron chi connectivity index (χ1n) is 4.61. The van der Waals surface area contributed by atoms with Gasteiger partial charge in [-0.25, -0.2) is 0 Å². The van der Waals surface area contributed by atoms with Crippen LogP contribution in [0.2, 0.25) is 0 Å². The van der Waals surface area contributed by atoms with E-state index in [1.807, 2.05) is 48.6 Å². The molecule has 0 aromatic heterocycles. The Morgan fingerprint density at radius 3 is 2.27 bits per heavy atom. The van der Waals surface area contributed by atoms with Gasteiger partial charge >= 0.3 is 0 Å². The average Bonchev–Trinajstić information content (AvgIpc) is 2.30. The molecule has 78 valence electrons. The van der Waals surface area contributed by atoms with Crippen LogP contribution in [0.3, 0.4) is 0 Å². The summed E-state index contributed by atoms with van der Waals surface area (Å²) >= 11 is 5.36. The van der Waals surface area contributed by atoms with E-state index in [1.54, 1.807) is 13.2 Å². The summed E-state index contributed by atoms with van der Waals surface area (Å²) in [6.07, 6.45) is 9.52. The maximum atomic E-state index is 5.36. The third-order valence-electron chi connectivity index (χ3n) is 1.81. The van der Waals surface area contributed by atoms with Gasteiger partial charge in [0.25, 0.3) is 0 Å². The number of benzene rings is 1. The van der Waals surface area contributed by atoms with Gasteiger partial charge in [0.2, 0.25) is 0 Å². The molecule has 0 heterocycles. The van der Waals surface area contributed by atoms with Crippen molar-refractivity contribution in [3.63, 3.8) is 0 Å². The van der Waals surface area contributed by atoms with Crippen LogP contribution in [0.1, 0.15) is 5.56 Å². The highest BCUT2D eigenvalue weighted by atomic mass is 35.5. The molecule has 1 rings (SSSR count). The Kier molecular flexibility index (Phi) is 5.34. The van der Waals surface area contributed by atoms with Crippen molar-refractivity contribution < 1.29 is 4.74 Å². The lowest BCUT2D eigenvalue weighted by Crippen LogP contribution is -1.81. The quantitative estimate of drug-likeness (QED) is 0.697. The van der Waals surface area contributed by atoms with E-state index in [4.69, 9.17) is 16.3 Å². The SMILES string of the molecule is COc1ccc(/C=C/C=C/C=C/Cl)cc1. The standard InChI is InChI=1S/C13H13ClO/c1-15-13-9-7-12(8-10-13)6-4-2-3-5-11-14/h2-11H,1H3/b3-2+,6-4+,11-5+. The van der Waals surface area contributed by atoms with E-state index >= 15 is 0 Å². The Labute approximate surface area is 95.3 Å². The van der Waals surface area contributed by atoms with Gasteiger partial charge in [0, 0.05) is 5.54 Å². The Morgan fingerprint density at radius 2 is 1.67 bits per heavy atom. The van der Waals surface area contributed by atoms with Crippen LogP contribution in [0, 0.1) is 0 Å². The number of methoxy groups -OCH3 is 1. The van der Waals surface area contributed by atoms with Crippen molar-refractivity contribution in [2.75, 3.05) is 7.11 Å². The molecule has 2 heteroatoms. The van der Waals surface area contributed by atoms with Crippen molar-refractivity contribution in [2.24, 2.45) is 0 Å². The van der Waals surface area contributed by atoms with Crippen molar-refractivity contribution in [3.8, 4) is 5.75 Å². The Hall–Kier alpha value is -1.47. The van der Waals surface area contributed by atoms with Crippen LogP contribution < -0.4 is 4.74 Å². The number of allylic oxidation sites excluding steroid dienone is 4. The minimum absolute atomic E-state index is 0.868. The van der Waals surface area contributed by atoms with E-state index in [2.05, 4.69) is 0 Å². The fourth-order valence-corrected chi connectivity index (χ4v) is 1.14. The van der Waals surface area contributed by atoms with Crippen LogP contribution in [0.25, 0.3) is 6.08 Å². The van der Waals surface area contributed by atoms with Crippen LogP contribution in [-0.4, -0.2) is 7.11 Å². The van der Waals surface area contributed by atoms with Gasteiger partial charge in [-0.05, 0) is 17.7 Å². The van der Waals surface area contributed by atoms with E-state index in [-0.39, 0.29) is 0 Å². The smallest absolute Gasteiger partial charge is 0.118 e. The number of rotatable bonds is 4. The van der Waals surface area contributed by atoms with Gasteiger partial charge < -0.3 is 4.74 Å². The van der Waals surface area contributed by atoms with Gasteiger partial charge in [-0.15, -0.1) is 0 Å². The summed E-state index contributed by atoms with van der Waals surface area (Å²) < 4.78 is 5.06. The molecule has 0 N–H and O–H groups in total. The Bertz CT molecular complexity index is 361. The largest absolute Gasteiger partial charge is 0.497 e. The van der Waals surface area contributed by atoms with Crippen LogP contribution in [0.15, 0.2) is 54.1 Å². The number of ether oxygens (including phenoxy) is 1. The molecule has 15 heavy (non-hydrogen) atoms. The van der Waals surface area contributed by atoms with E-state index < -0.39 is 0 Å². The Balaban J connectivity index is 2.57. The second-order valence-corrected chi connectivity index (χ2v) is 3.09. The first kappa shape index (κ1) is 11.6. The molecule has 0 amide bonds. The summed E-state index contributed by atoms with van der Waals surface area (Å²) in [5, 5.41) is 0. The molecule has 0 aliphatic rings. The molecular formula is C13H13ClO. The first-order chi connectivity index (χ1) is 7.36. The summed E-state index contributed by atoms with van der Waals surface area (Å²) in [4.78, 5) is 0. The van der Waals surface area contributed by atoms with E-state index in [1.165, 1.54) is 5.54 Å². The highest BCUT2D eigenvalue weighted by Gasteiger charge is 1.88. The second-order valence-electron chi connectivity index (χ2n) is 2.84. The predicted octanol–water partition coefficient (Wildman–Crippen LogP) is 4.02. The fraction of sp³-hybridized carbons (Fsp3) is 0.0769. The number of hydrogen-bond donors (Lipinski definition) is 0. The van der Waals surface area contributed by atoms with Crippen molar-refractivity contribution in [2.45, 2.75) is 0 Å². The summed E-state index contributed by atoms with van der Waals surface area (Å²) in [5.74, 6) is 0.868. The monoisotopic (exact) mass is 220 g/mol. The first-order valence-corrected chi connectivity index (χ1v) is 5.04. The molecule has 0 saturated heterocycles. The topological polar surface area (TPSA) is 9.23 Å². The van der Waals surface area contributed by atoms with E-state index in [0.717, 1.165) is 11.3 Å². The Morgan fingerprint density at radius 1 is 1.00 bits per heavy atom. The number of halogens is 1. The van der Waals surface area contributed by atoms with Crippen LogP contribution in [0.5, 0.6) is 5.75 Å². The van der Waals surface area contributed by atoms with Crippen LogP contribution in [-0.2, 0) is 0 Å². The molecule has 0 spiro atoms.